The molecule has 4 rings (SSSR count). The predicted octanol–water partition coefficient (Wildman–Crippen LogP) is 2.70. The van der Waals surface area contributed by atoms with Crippen molar-refractivity contribution in [2.75, 3.05) is 13.1 Å². The Balaban J connectivity index is 1.46. The highest BCUT2D eigenvalue weighted by atomic mass is 32.1. The molecule has 2 amide bonds. The minimum atomic E-state index is -0.534. The Labute approximate surface area is 180 Å². The Kier molecular flexibility index (Phi) is 5.52. The van der Waals surface area contributed by atoms with Crippen molar-refractivity contribution in [1.82, 2.24) is 29.5 Å². The summed E-state index contributed by atoms with van der Waals surface area (Å²) in [7, 11) is 0. The summed E-state index contributed by atoms with van der Waals surface area (Å²) in [5.41, 5.74) is 0.290. The van der Waals surface area contributed by atoms with E-state index in [0.29, 0.717) is 26.1 Å². The zero-order chi connectivity index (χ0) is 21.5. The molecule has 2 aliphatic heterocycles. The van der Waals surface area contributed by atoms with Crippen LogP contribution in [0.25, 0.3) is 0 Å². The van der Waals surface area contributed by atoms with Gasteiger partial charge in [-0.25, -0.2) is 9.78 Å². The molecule has 0 saturated carbocycles. The second kappa shape index (κ2) is 7.98. The molecule has 1 saturated heterocycles. The quantitative estimate of drug-likeness (QED) is 0.740. The number of amides is 2. The van der Waals surface area contributed by atoms with E-state index in [1.807, 2.05) is 38.0 Å². The van der Waals surface area contributed by atoms with Crippen molar-refractivity contribution in [2.45, 2.75) is 71.7 Å². The molecule has 0 aromatic carbocycles. The van der Waals surface area contributed by atoms with Crippen LogP contribution >= 0.6 is 11.3 Å². The van der Waals surface area contributed by atoms with E-state index in [4.69, 9.17) is 4.74 Å². The average Bonchev–Trinajstić information content (AvgIpc) is 3.38. The summed E-state index contributed by atoms with van der Waals surface area (Å²) in [6.07, 6.45) is 1.79. The van der Waals surface area contributed by atoms with Crippen LogP contribution in [0.5, 0.6) is 0 Å². The van der Waals surface area contributed by atoms with Gasteiger partial charge < -0.3 is 14.2 Å². The third kappa shape index (κ3) is 4.33. The molecule has 2 aromatic heterocycles. The Morgan fingerprint density at radius 3 is 2.73 bits per heavy atom. The Morgan fingerprint density at radius 1 is 1.23 bits per heavy atom. The number of rotatable bonds is 3. The van der Waals surface area contributed by atoms with Crippen molar-refractivity contribution in [1.29, 1.82) is 0 Å². The van der Waals surface area contributed by atoms with Gasteiger partial charge in [-0.1, -0.05) is 0 Å². The second-order valence-corrected chi connectivity index (χ2v) is 9.87. The van der Waals surface area contributed by atoms with E-state index in [9.17, 15) is 9.59 Å². The molecule has 2 aromatic rings. The summed E-state index contributed by atoms with van der Waals surface area (Å²) in [6, 6.07) is -0.0773. The van der Waals surface area contributed by atoms with Gasteiger partial charge in [-0.2, -0.15) is 0 Å². The van der Waals surface area contributed by atoms with Crippen molar-refractivity contribution in [3.05, 3.63) is 27.7 Å². The van der Waals surface area contributed by atoms with Crippen molar-refractivity contribution in [2.24, 2.45) is 0 Å². The molecule has 162 valence electrons. The maximum atomic E-state index is 12.9. The summed E-state index contributed by atoms with van der Waals surface area (Å²) in [5, 5.41) is 11.7. The predicted molar refractivity (Wildman–Crippen MR) is 111 cm³/mol. The first-order valence-electron chi connectivity index (χ1n) is 10.3. The van der Waals surface area contributed by atoms with Crippen molar-refractivity contribution < 1.29 is 14.3 Å². The van der Waals surface area contributed by atoms with E-state index in [2.05, 4.69) is 19.7 Å². The number of carbonyl (C=O) groups is 2. The number of fused-ring (bicyclic) bond motifs is 1. The Bertz CT molecular complexity index is 947. The molecule has 4 heterocycles. The number of hydrogen-bond donors (Lipinski definition) is 0. The lowest BCUT2D eigenvalue weighted by molar-refractivity contribution is -0.131. The largest absolute Gasteiger partial charge is 0.444 e. The van der Waals surface area contributed by atoms with E-state index in [1.165, 1.54) is 0 Å². The van der Waals surface area contributed by atoms with E-state index in [-0.39, 0.29) is 18.0 Å². The number of nitrogens with zero attached hydrogens (tertiary/aromatic N) is 6. The molecule has 2 aliphatic rings. The van der Waals surface area contributed by atoms with Gasteiger partial charge in [0.15, 0.2) is 11.6 Å². The lowest BCUT2D eigenvalue weighted by atomic mass is 10.2. The molecule has 0 radical (unpaired) electrons. The fourth-order valence-corrected chi connectivity index (χ4v) is 4.60. The monoisotopic (exact) mass is 432 g/mol. The lowest BCUT2D eigenvalue weighted by Gasteiger charge is -2.31. The number of likely N-dealkylation sites (tertiary alicyclic amines) is 1. The van der Waals surface area contributed by atoms with Gasteiger partial charge in [0.25, 0.3) is 0 Å². The summed E-state index contributed by atoms with van der Waals surface area (Å²) < 4.78 is 7.54. The molecule has 1 atom stereocenters. The normalized spacial score (nSPS) is 19.1. The number of aryl methyl sites for hydroxylation is 1. The summed E-state index contributed by atoms with van der Waals surface area (Å²) in [4.78, 5) is 33.3. The fourth-order valence-electron chi connectivity index (χ4n) is 3.99. The van der Waals surface area contributed by atoms with Gasteiger partial charge in [0.05, 0.1) is 29.7 Å². The highest BCUT2D eigenvalue weighted by molar-refractivity contribution is 7.09. The first kappa shape index (κ1) is 20.8. The molecule has 1 unspecified atom stereocenters. The highest BCUT2D eigenvalue weighted by Gasteiger charge is 2.36. The minimum Gasteiger partial charge on any atom is -0.444 e. The van der Waals surface area contributed by atoms with Gasteiger partial charge in [0, 0.05) is 25.0 Å². The zero-order valence-corrected chi connectivity index (χ0v) is 18.7. The number of ether oxygens (including phenoxy) is 1. The molecule has 0 spiro atoms. The summed E-state index contributed by atoms with van der Waals surface area (Å²) in [6.45, 7) is 9.72. The van der Waals surface area contributed by atoms with Crippen LogP contribution in [-0.2, 0) is 29.0 Å². The van der Waals surface area contributed by atoms with E-state index in [1.54, 1.807) is 16.2 Å². The van der Waals surface area contributed by atoms with Crippen LogP contribution < -0.4 is 0 Å². The van der Waals surface area contributed by atoms with E-state index < -0.39 is 5.60 Å². The van der Waals surface area contributed by atoms with Crippen LogP contribution in [0.3, 0.4) is 0 Å². The van der Waals surface area contributed by atoms with Gasteiger partial charge in [-0.15, -0.1) is 21.5 Å². The topological polar surface area (TPSA) is 93.5 Å². The van der Waals surface area contributed by atoms with Gasteiger partial charge in [-0.05, 0) is 40.5 Å². The minimum absolute atomic E-state index is 0.0753. The summed E-state index contributed by atoms with van der Waals surface area (Å²) >= 11 is 1.56. The average molecular weight is 433 g/mol. The van der Waals surface area contributed by atoms with Crippen LogP contribution in [0.4, 0.5) is 4.79 Å². The van der Waals surface area contributed by atoms with Crippen molar-refractivity contribution in [3.8, 4) is 0 Å². The van der Waals surface area contributed by atoms with E-state index in [0.717, 1.165) is 41.7 Å². The van der Waals surface area contributed by atoms with E-state index >= 15 is 0 Å². The van der Waals surface area contributed by atoms with Crippen LogP contribution in [-0.4, -0.2) is 60.2 Å². The van der Waals surface area contributed by atoms with Crippen LogP contribution in [0, 0.1) is 6.92 Å². The Morgan fingerprint density at radius 2 is 2.03 bits per heavy atom. The molecule has 0 N–H and O–H groups in total. The first-order valence-corrected chi connectivity index (χ1v) is 11.2. The zero-order valence-electron chi connectivity index (χ0n) is 17.9. The molecule has 10 heteroatoms. The van der Waals surface area contributed by atoms with Crippen LogP contribution in [0.15, 0.2) is 5.38 Å². The molecular formula is C20H28N6O3S. The highest BCUT2D eigenvalue weighted by Crippen LogP contribution is 2.33. The van der Waals surface area contributed by atoms with Crippen molar-refractivity contribution in [3.63, 3.8) is 0 Å². The Hall–Kier alpha value is -2.49. The van der Waals surface area contributed by atoms with Gasteiger partial charge in [0.2, 0.25) is 5.91 Å². The lowest BCUT2D eigenvalue weighted by Crippen LogP contribution is -2.42. The van der Waals surface area contributed by atoms with Crippen molar-refractivity contribution >= 4 is 23.3 Å². The third-order valence-corrected chi connectivity index (χ3v) is 6.13. The smallest absolute Gasteiger partial charge is 0.410 e. The van der Waals surface area contributed by atoms with Crippen LogP contribution in [0.1, 0.15) is 62.0 Å². The standard InChI is InChI=1S/C20H28N6O3S/c1-13-21-14(12-30-13)10-17(27)25-7-5-6-15(25)18-23-22-16-11-24(8-9-26(16)18)19(28)29-20(2,3)4/h12,15H,5-11H2,1-4H3. The SMILES string of the molecule is Cc1nc(CC(=O)N2CCCC2c2nnc3n2CCN(C(=O)OC(C)(C)C)C3)cs1. The number of thiazole rings is 1. The maximum Gasteiger partial charge on any atom is 0.410 e. The first-order chi connectivity index (χ1) is 14.2. The number of aromatic nitrogens is 4. The summed E-state index contributed by atoms with van der Waals surface area (Å²) in [5.74, 6) is 1.62. The molecule has 0 aliphatic carbocycles. The molecule has 30 heavy (non-hydrogen) atoms. The maximum absolute atomic E-state index is 12.9. The molecule has 0 bridgehead atoms. The van der Waals surface area contributed by atoms with Gasteiger partial charge >= 0.3 is 6.09 Å². The molecule has 9 nitrogen and oxygen atoms in total. The third-order valence-electron chi connectivity index (χ3n) is 5.30. The molecule has 1 fully saturated rings. The fraction of sp³-hybridized carbons (Fsp3) is 0.650. The molecular weight excluding hydrogens is 404 g/mol. The second-order valence-electron chi connectivity index (χ2n) is 8.81. The number of hydrogen-bond acceptors (Lipinski definition) is 7. The van der Waals surface area contributed by atoms with Crippen LogP contribution in [0.2, 0.25) is 0 Å². The van der Waals surface area contributed by atoms with Gasteiger partial charge in [-0.3, -0.25) is 9.69 Å². The van der Waals surface area contributed by atoms with Gasteiger partial charge in [0.1, 0.15) is 5.60 Å². The number of carbonyl (C=O) groups excluding carboxylic acids is 2.